The number of methoxy groups -OCH3 is 1. The molecular weight excluding hydrogens is 368 g/mol. The predicted molar refractivity (Wildman–Crippen MR) is 115 cm³/mol. The Morgan fingerprint density at radius 1 is 0.966 bits per heavy atom. The van der Waals surface area contributed by atoms with Gasteiger partial charge in [-0.2, -0.15) is 0 Å². The van der Waals surface area contributed by atoms with Crippen LogP contribution in [-0.2, 0) is 0 Å². The van der Waals surface area contributed by atoms with Crippen LogP contribution < -0.4 is 14.8 Å². The molecule has 2 rings (SSSR count). The molecule has 29 heavy (non-hydrogen) atoms. The second-order valence-corrected chi connectivity index (χ2v) is 7.08. The number of benzene rings is 2. The Morgan fingerprint density at radius 2 is 1.59 bits per heavy atom. The number of amides is 2. The van der Waals surface area contributed by atoms with Crippen molar-refractivity contribution < 1.29 is 19.1 Å². The fraction of sp³-hybridized carbons (Fsp3) is 0.391. The molecular formula is C23H30N2O4. The lowest BCUT2D eigenvalue weighted by atomic mass is 10.1. The lowest BCUT2D eigenvalue weighted by molar-refractivity contribution is 0.0773. The molecule has 156 valence electrons. The van der Waals surface area contributed by atoms with Crippen LogP contribution in [0.5, 0.6) is 11.5 Å². The zero-order valence-electron chi connectivity index (χ0n) is 17.8. The van der Waals surface area contributed by atoms with Crippen molar-refractivity contribution in [3.8, 4) is 11.5 Å². The van der Waals surface area contributed by atoms with Gasteiger partial charge < -0.3 is 19.7 Å². The molecule has 6 nitrogen and oxygen atoms in total. The highest BCUT2D eigenvalue weighted by Gasteiger charge is 2.14. The van der Waals surface area contributed by atoms with Crippen molar-refractivity contribution in [3.63, 3.8) is 0 Å². The standard InChI is InChI=1S/C23H30N2O4/c1-6-25(7-2)23(27)17-8-11-19(12-9-17)24-22(26)18-10-13-20(21(14-18)28-5)29-15-16(3)4/h8-14,16H,6-7,15H2,1-5H3,(H,24,26). The zero-order chi connectivity index (χ0) is 21.4. The maximum atomic E-state index is 12.6. The quantitative estimate of drug-likeness (QED) is 0.677. The molecule has 6 heteroatoms. The molecule has 0 bridgehead atoms. The smallest absolute Gasteiger partial charge is 0.255 e. The van der Waals surface area contributed by atoms with E-state index in [1.165, 1.54) is 0 Å². The van der Waals surface area contributed by atoms with Gasteiger partial charge >= 0.3 is 0 Å². The number of hydrogen-bond acceptors (Lipinski definition) is 4. The second-order valence-electron chi connectivity index (χ2n) is 7.08. The van der Waals surface area contributed by atoms with Crippen molar-refractivity contribution in [1.82, 2.24) is 4.90 Å². The van der Waals surface area contributed by atoms with Gasteiger partial charge in [0.15, 0.2) is 11.5 Å². The minimum atomic E-state index is -0.262. The molecule has 0 atom stereocenters. The van der Waals surface area contributed by atoms with E-state index in [1.807, 2.05) is 13.8 Å². The number of carbonyl (C=O) groups is 2. The molecule has 0 fully saturated rings. The second kappa shape index (κ2) is 10.5. The molecule has 0 unspecified atom stereocenters. The lowest BCUT2D eigenvalue weighted by Crippen LogP contribution is -2.30. The number of anilines is 1. The summed E-state index contributed by atoms with van der Waals surface area (Å²) in [5.41, 5.74) is 1.67. The molecule has 0 radical (unpaired) electrons. The Bertz CT molecular complexity index is 827. The fourth-order valence-corrected chi connectivity index (χ4v) is 2.78. The molecule has 0 heterocycles. The highest BCUT2D eigenvalue weighted by Crippen LogP contribution is 2.29. The van der Waals surface area contributed by atoms with Gasteiger partial charge in [-0.25, -0.2) is 0 Å². The van der Waals surface area contributed by atoms with Crippen molar-refractivity contribution in [3.05, 3.63) is 53.6 Å². The van der Waals surface area contributed by atoms with Crippen LogP contribution >= 0.6 is 0 Å². The third-order valence-corrected chi connectivity index (χ3v) is 4.44. The SMILES string of the molecule is CCN(CC)C(=O)c1ccc(NC(=O)c2ccc(OCC(C)C)c(OC)c2)cc1. The fourth-order valence-electron chi connectivity index (χ4n) is 2.78. The van der Waals surface area contributed by atoms with Crippen molar-refractivity contribution in [2.24, 2.45) is 5.92 Å². The predicted octanol–water partition coefficient (Wildman–Crippen LogP) is 4.46. The summed E-state index contributed by atoms with van der Waals surface area (Å²) in [6.45, 7) is 9.91. The van der Waals surface area contributed by atoms with E-state index in [1.54, 1.807) is 54.5 Å². The van der Waals surface area contributed by atoms with E-state index in [2.05, 4.69) is 19.2 Å². The van der Waals surface area contributed by atoms with E-state index in [-0.39, 0.29) is 11.8 Å². The minimum Gasteiger partial charge on any atom is -0.493 e. The van der Waals surface area contributed by atoms with Gasteiger partial charge in [0.1, 0.15) is 0 Å². The highest BCUT2D eigenvalue weighted by molar-refractivity contribution is 6.05. The number of nitrogens with zero attached hydrogens (tertiary/aromatic N) is 1. The van der Waals surface area contributed by atoms with E-state index in [0.717, 1.165) is 0 Å². The average Bonchev–Trinajstić information content (AvgIpc) is 2.73. The van der Waals surface area contributed by atoms with E-state index in [0.29, 0.717) is 53.9 Å². The number of nitrogens with one attached hydrogen (secondary N) is 1. The van der Waals surface area contributed by atoms with Crippen LogP contribution in [0, 0.1) is 5.92 Å². The van der Waals surface area contributed by atoms with Crippen LogP contribution in [0.3, 0.4) is 0 Å². The van der Waals surface area contributed by atoms with Crippen molar-refractivity contribution >= 4 is 17.5 Å². The Kier molecular flexibility index (Phi) is 8.07. The summed E-state index contributed by atoms with van der Waals surface area (Å²) in [5, 5.41) is 2.84. The number of hydrogen-bond donors (Lipinski definition) is 1. The van der Waals surface area contributed by atoms with Crippen LogP contribution in [0.1, 0.15) is 48.4 Å². The molecule has 0 aliphatic carbocycles. The van der Waals surface area contributed by atoms with E-state index in [9.17, 15) is 9.59 Å². The summed E-state index contributed by atoms with van der Waals surface area (Å²) in [4.78, 5) is 26.7. The molecule has 0 spiro atoms. The zero-order valence-corrected chi connectivity index (χ0v) is 17.8. The number of carbonyl (C=O) groups excluding carboxylic acids is 2. The highest BCUT2D eigenvalue weighted by atomic mass is 16.5. The largest absolute Gasteiger partial charge is 0.493 e. The maximum absolute atomic E-state index is 12.6. The summed E-state index contributed by atoms with van der Waals surface area (Å²) in [6.07, 6.45) is 0. The first-order valence-corrected chi connectivity index (χ1v) is 9.91. The van der Waals surface area contributed by atoms with Crippen LogP contribution in [0.4, 0.5) is 5.69 Å². The van der Waals surface area contributed by atoms with Crippen molar-refractivity contribution in [1.29, 1.82) is 0 Å². The van der Waals surface area contributed by atoms with Crippen LogP contribution in [0.2, 0.25) is 0 Å². The summed E-state index contributed by atoms with van der Waals surface area (Å²) in [5.74, 6) is 1.23. The number of rotatable bonds is 9. The van der Waals surface area contributed by atoms with E-state index in [4.69, 9.17) is 9.47 Å². The molecule has 0 aliphatic heterocycles. The van der Waals surface area contributed by atoms with Gasteiger partial charge in [0, 0.05) is 29.9 Å². The van der Waals surface area contributed by atoms with Gasteiger partial charge in [0.2, 0.25) is 0 Å². The van der Waals surface area contributed by atoms with Gasteiger partial charge in [-0.1, -0.05) is 13.8 Å². The van der Waals surface area contributed by atoms with Gasteiger partial charge in [-0.3, -0.25) is 9.59 Å². The minimum absolute atomic E-state index is 0.0189. The van der Waals surface area contributed by atoms with Gasteiger partial charge in [0.25, 0.3) is 11.8 Å². The first kappa shape index (κ1) is 22.3. The average molecular weight is 399 g/mol. The van der Waals surface area contributed by atoms with Crippen LogP contribution in [-0.4, -0.2) is 43.5 Å². The normalized spacial score (nSPS) is 10.6. The van der Waals surface area contributed by atoms with Crippen LogP contribution in [0.15, 0.2) is 42.5 Å². The molecule has 0 aromatic heterocycles. The third kappa shape index (κ3) is 5.98. The van der Waals surface area contributed by atoms with Crippen molar-refractivity contribution in [2.45, 2.75) is 27.7 Å². The Morgan fingerprint density at radius 3 is 2.14 bits per heavy atom. The van der Waals surface area contributed by atoms with E-state index < -0.39 is 0 Å². The molecule has 1 N–H and O–H groups in total. The molecule has 0 saturated carbocycles. The summed E-state index contributed by atoms with van der Waals surface area (Å²) < 4.78 is 11.1. The third-order valence-electron chi connectivity index (χ3n) is 4.44. The summed E-state index contributed by atoms with van der Waals surface area (Å²) >= 11 is 0. The first-order chi connectivity index (χ1) is 13.9. The Labute approximate surface area is 172 Å². The molecule has 2 aromatic rings. The first-order valence-electron chi connectivity index (χ1n) is 9.91. The molecule has 2 amide bonds. The maximum Gasteiger partial charge on any atom is 0.255 e. The molecule has 0 saturated heterocycles. The van der Waals surface area contributed by atoms with Crippen molar-refractivity contribution in [2.75, 3.05) is 32.1 Å². The van der Waals surface area contributed by atoms with Gasteiger partial charge in [-0.05, 0) is 62.2 Å². The molecule has 2 aromatic carbocycles. The lowest BCUT2D eigenvalue weighted by Gasteiger charge is -2.18. The molecule has 0 aliphatic rings. The summed E-state index contributed by atoms with van der Waals surface area (Å²) in [7, 11) is 1.55. The topological polar surface area (TPSA) is 67.9 Å². The summed E-state index contributed by atoms with van der Waals surface area (Å²) in [6, 6.07) is 12.0. The monoisotopic (exact) mass is 398 g/mol. The number of ether oxygens (including phenoxy) is 2. The van der Waals surface area contributed by atoms with E-state index >= 15 is 0 Å². The van der Waals surface area contributed by atoms with Gasteiger partial charge in [-0.15, -0.1) is 0 Å². The van der Waals surface area contributed by atoms with Gasteiger partial charge in [0.05, 0.1) is 13.7 Å². The van der Waals surface area contributed by atoms with Crippen LogP contribution in [0.25, 0.3) is 0 Å². The Hall–Kier alpha value is -3.02. The Balaban J connectivity index is 2.09.